The summed E-state index contributed by atoms with van der Waals surface area (Å²) < 4.78 is 28.6. The van der Waals surface area contributed by atoms with E-state index in [1.807, 2.05) is 19.1 Å². The molecular formula is C16H17F2NO3S. The van der Waals surface area contributed by atoms with E-state index < -0.39 is 12.7 Å². The van der Waals surface area contributed by atoms with Gasteiger partial charge in [-0.05, 0) is 36.8 Å². The molecule has 1 aromatic heterocycles. The quantitative estimate of drug-likeness (QED) is 0.814. The van der Waals surface area contributed by atoms with Crippen LogP contribution in [-0.2, 0) is 11.2 Å². The molecule has 2 aromatic rings. The summed E-state index contributed by atoms with van der Waals surface area (Å²) >= 11 is 1.54. The Kier molecular flexibility index (Phi) is 6.06. The van der Waals surface area contributed by atoms with E-state index >= 15 is 0 Å². The van der Waals surface area contributed by atoms with Gasteiger partial charge in [0.1, 0.15) is 5.75 Å². The Morgan fingerprint density at radius 1 is 1.35 bits per heavy atom. The van der Waals surface area contributed by atoms with Crippen LogP contribution in [0.2, 0.25) is 0 Å². The second-order valence-electron chi connectivity index (χ2n) is 4.96. The summed E-state index contributed by atoms with van der Waals surface area (Å²) in [6.07, 6.45) is -0.745. The first-order valence-electron chi connectivity index (χ1n) is 6.99. The monoisotopic (exact) mass is 341 g/mol. The van der Waals surface area contributed by atoms with Gasteiger partial charge in [0.25, 0.3) is 0 Å². The van der Waals surface area contributed by atoms with Crippen LogP contribution >= 0.6 is 11.3 Å². The number of halogens is 2. The lowest BCUT2D eigenvalue weighted by molar-refractivity contribution is -0.120. The zero-order chi connectivity index (χ0) is 16.8. The minimum absolute atomic E-state index is 0.00131. The molecule has 0 radical (unpaired) electrons. The van der Waals surface area contributed by atoms with Crippen LogP contribution in [-0.4, -0.2) is 24.2 Å². The van der Waals surface area contributed by atoms with E-state index in [0.717, 1.165) is 9.75 Å². The molecule has 0 spiro atoms. The molecule has 2 rings (SSSR count). The van der Waals surface area contributed by atoms with Gasteiger partial charge in [0, 0.05) is 16.3 Å². The van der Waals surface area contributed by atoms with Crippen molar-refractivity contribution in [2.75, 3.05) is 6.54 Å². The van der Waals surface area contributed by atoms with Crippen molar-refractivity contribution in [2.24, 2.45) is 0 Å². The smallest absolute Gasteiger partial charge is 0.387 e. The van der Waals surface area contributed by atoms with Crippen molar-refractivity contribution < 1.29 is 23.4 Å². The van der Waals surface area contributed by atoms with Crippen LogP contribution in [0.3, 0.4) is 0 Å². The fraction of sp³-hybridized carbons (Fsp3) is 0.312. The first kappa shape index (κ1) is 17.4. The van der Waals surface area contributed by atoms with Crippen molar-refractivity contribution in [3.8, 4) is 5.75 Å². The average molecular weight is 341 g/mol. The van der Waals surface area contributed by atoms with Gasteiger partial charge < -0.3 is 15.2 Å². The van der Waals surface area contributed by atoms with Crippen LogP contribution in [0.4, 0.5) is 8.78 Å². The molecule has 4 nitrogen and oxygen atoms in total. The van der Waals surface area contributed by atoms with E-state index in [4.69, 9.17) is 0 Å². The van der Waals surface area contributed by atoms with Gasteiger partial charge in [-0.25, -0.2) is 0 Å². The molecular weight excluding hydrogens is 324 g/mol. The summed E-state index contributed by atoms with van der Waals surface area (Å²) in [5.74, 6) is -0.233. The van der Waals surface area contributed by atoms with Gasteiger partial charge in [0.2, 0.25) is 5.91 Å². The third kappa shape index (κ3) is 5.61. The number of nitrogens with one attached hydrogen (secondary N) is 1. The van der Waals surface area contributed by atoms with Crippen LogP contribution in [0.15, 0.2) is 36.4 Å². The van der Waals surface area contributed by atoms with Crippen LogP contribution < -0.4 is 10.1 Å². The number of hydrogen-bond acceptors (Lipinski definition) is 4. The second kappa shape index (κ2) is 8.03. The van der Waals surface area contributed by atoms with Crippen molar-refractivity contribution in [2.45, 2.75) is 26.1 Å². The van der Waals surface area contributed by atoms with Gasteiger partial charge in [-0.1, -0.05) is 12.1 Å². The van der Waals surface area contributed by atoms with Gasteiger partial charge in [-0.3, -0.25) is 4.79 Å². The zero-order valence-electron chi connectivity index (χ0n) is 12.5. The number of ether oxygens (including phenoxy) is 1. The summed E-state index contributed by atoms with van der Waals surface area (Å²) in [4.78, 5) is 13.9. The molecule has 0 aliphatic carbocycles. The predicted molar refractivity (Wildman–Crippen MR) is 83.8 cm³/mol. The summed E-state index contributed by atoms with van der Waals surface area (Å²) in [6.45, 7) is -0.956. The maximum atomic E-state index is 12.2. The van der Waals surface area contributed by atoms with Crippen molar-refractivity contribution in [1.29, 1.82) is 0 Å². The second-order valence-corrected chi connectivity index (χ2v) is 6.33. The fourth-order valence-electron chi connectivity index (χ4n) is 2.03. The summed E-state index contributed by atoms with van der Waals surface area (Å²) in [7, 11) is 0. The molecule has 0 bridgehead atoms. The third-order valence-corrected chi connectivity index (χ3v) is 4.09. The molecule has 0 saturated heterocycles. The van der Waals surface area contributed by atoms with Crippen LogP contribution in [0.25, 0.3) is 0 Å². The zero-order valence-corrected chi connectivity index (χ0v) is 13.3. The normalized spacial score (nSPS) is 12.2. The first-order chi connectivity index (χ1) is 10.9. The molecule has 0 aliphatic heterocycles. The molecule has 0 saturated carbocycles. The number of thiophene rings is 1. The first-order valence-corrected chi connectivity index (χ1v) is 7.80. The number of carbonyl (C=O) groups is 1. The molecule has 1 aromatic carbocycles. The Morgan fingerprint density at radius 2 is 2.13 bits per heavy atom. The molecule has 7 heteroatoms. The van der Waals surface area contributed by atoms with Crippen molar-refractivity contribution in [3.63, 3.8) is 0 Å². The Morgan fingerprint density at radius 3 is 2.78 bits per heavy atom. The molecule has 23 heavy (non-hydrogen) atoms. The van der Waals surface area contributed by atoms with E-state index in [0.29, 0.717) is 5.56 Å². The van der Waals surface area contributed by atoms with Gasteiger partial charge in [0.15, 0.2) is 0 Å². The average Bonchev–Trinajstić information content (AvgIpc) is 2.89. The highest BCUT2D eigenvalue weighted by atomic mass is 32.1. The number of rotatable bonds is 7. The lowest BCUT2D eigenvalue weighted by atomic mass is 10.1. The van der Waals surface area contributed by atoms with E-state index in [9.17, 15) is 18.7 Å². The number of amides is 1. The maximum Gasteiger partial charge on any atom is 0.387 e. The third-order valence-electron chi connectivity index (χ3n) is 3.09. The Hall–Kier alpha value is -1.99. The van der Waals surface area contributed by atoms with E-state index in [2.05, 4.69) is 10.1 Å². The minimum Gasteiger partial charge on any atom is -0.435 e. The van der Waals surface area contributed by atoms with Crippen molar-refractivity contribution in [3.05, 3.63) is 51.7 Å². The highest BCUT2D eigenvalue weighted by Crippen LogP contribution is 2.20. The largest absolute Gasteiger partial charge is 0.435 e. The highest BCUT2D eigenvalue weighted by molar-refractivity contribution is 7.12. The number of carbonyl (C=O) groups excluding carboxylic acids is 1. The lowest BCUT2D eigenvalue weighted by Gasteiger charge is -2.13. The van der Waals surface area contributed by atoms with Crippen LogP contribution in [0.1, 0.15) is 21.4 Å². The number of hydrogen-bond donors (Lipinski definition) is 2. The molecule has 1 unspecified atom stereocenters. The van der Waals surface area contributed by atoms with E-state index in [-0.39, 0.29) is 24.6 Å². The SMILES string of the molecule is Cc1ccc(CC(=O)NCC(O)c2cccc(OC(F)F)c2)s1. The number of aliphatic hydroxyl groups is 1. The summed E-state index contributed by atoms with van der Waals surface area (Å²) in [6, 6.07) is 9.62. The fourth-order valence-corrected chi connectivity index (χ4v) is 2.92. The maximum absolute atomic E-state index is 12.2. The van der Waals surface area contributed by atoms with Crippen LogP contribution in [0, 0.1) is 6.92 Å². The van der Waals surface area contributed by atoms with Crippen molar-refractivity contribution in [1.82, 2.24) is 5.32 Å². The molecule has 1 heterocycles. The Balaban J connectivity index is 1.86. The molecule has 0 fully saturated rings. The van der Waals surface area contributed by atoms with E-state index in [1.54, 1.807) is 17.4 Å². The molecule has 1 amide bonds. The minimum atomic E-state index is -2.92. The molecule has 0 aliphatic rings. The topological polar surface area (TPSA) is 58.6 Å². The standard InChI is InChI=1S/C16H17F2NO3S/c1-10-5-6-13(23-10)8-15(21)19-9-14(20)11-3-2-4-12(7-11)22-16(17)18/h2-7,14,16,20H,8-9H2,1H3,(H,19,21). The van der Waals surface area contributed by atoms with Gasteiger partial charge in [-0.15, -0.1) is 11.3 Å². The molecule has 1 atom stereocenters. The predicted octanol–water partition coefficient (Wildman–Crippen LogP) is 3.05. The summed E-state index contributed by atoms with van der Waals surface area (Å²) in [5, 5.41) is 12.7. The number of aryl methyl sites for hydroxylation is 1. The lowest BCUT2D eigenvalue weighted by Crippen LogP contribution is -2.29. The van der Waals surface area contributed by atoms with Gasteiger partial charge in [-0.2, -0.15) is 8.78 Å². The summed E-state index contributed by atoms with van der Waals surface area (Å²) in [5.41, 5.74) is 0.399. The number of aliphatic hydroxyl groups excluding tert-OH is 1. The van der Waals surface area contributed by atoms with E-state index in [1.165, 1.54) is 18.2 Å². The highest BCUT2D eigenvalue weighted by Gasteiger charge is 2.12. The number of alkyl halides is 2. The molecule has 2 N–H and O–H groups in total. The van der Waals surface area contributed by atoms with Crippen molar-refractivity contribution >= 4 is 17.2 Å². The van der Waals surface area contributed by atoms with Crippen LogP contribution in [0.5, 0.6) is 5.75 Å². The molecule has 124 valence electrons. The Labute approximate surface area is 136 Å². The van der Waals surface area contributed by atoms with Gasteiger partial charge >= 0.3 is 6.61 Å². The number of benzene rings is 1. The Bertz CT molecular complexity index is 660. The van der Waals surface area contributed by atoms with Gasteiger partial charge in [0.05, 0.1) is 12.5 Å².